The van der Waals surface area contributed by atoms with Gasteiger partial charge in [-0.2, -0.15) is 0 Å². The molecule has 0 heterocycles. The Balaban J connectivity index is 3.80. The molecule has 0 aliphatic carbocycles. The fourth-order valence-corrected chi connectivity index (χ4v) is 1.52. The minimum atomic E-state index is -3.82. The summed E-state index contributed by atoms with van der Waals surface area (Å²) < 4.78 is 19.8. The van der Waals surface area contributed by atoms with E-state index in [1.165, 1.54) is 0 Å². The van der Waals surface area contributed by atoms with Gasteiger partial charge < -0.3 is 19.9 Å². The van der Waals surface area contributed by atoms with E-state index in [4.69, 9.17) is 10.6 Å². The highest BCUT2D eigenvalue weighted by Crippen LogP contribution is 2.41. The van der Waals surface area contributed by atoms with Crippen molar-refractivity contribution in [2.24, 2.45) is 5.73 Å². The van der Waals surface area contributed by atoms with Crippen LogP contribution in [0.25, 0.3) is 0 Å². The lowest BCUT2D eigenvalue weighted by Crippen LogP contribution is -2.10. The number of hydrogen-bond donors (Lipinski definition) is 2. The van der Waals surface area contributed by atoms with Crippen molar-refractivity contribution in [1.82, 2.24) is 0 Å². The Bertz CT molecular complexity index is 207. The summed E-state index contributed by atoms with van der Waals surface area (Å²) in [5, 5.41) is 0. The van der Waals surface area contributed by atoms with Gasteiger partial charge in [0, 0.05) is 0 Å². The van der Waals surface area contributed by atoms with Crippen LogP contribution in [0.1, 0.15) is 6.42 Å². The summed E-state index contributed by atoms with van der Waals surface area (Å²) >= 11 is 0. The van der Waals surface area contributed by atoms with E-state index in [2.05, 4.69) is 9.26 Å². The molecule has 0 spiro atoms. The van der Waals surface area contributed by atoms with Crippen molar-refractivity contribution in [2.45, 2.75) is 6.42 Å². The molecule has 0 saturated carbocycles. The zero-order chi connectivity index (χ0) is 10.3. The monoisotopic (exact) mass is 211 g/mol. The minimum absolute atomic E-state index is 0.0707. The molecule has 0 bridgehead atoms. The summed E-state index contributed by atoms with van der Waals surface area (Å²) in [6.45, 7) is 0.444. The number of methoxy groups -OCH3 is 1. The fraction of sp³-hybridized carbons (Fsp3) is 0.833. The van der Waals surface area contributed by atoms with Crippen molar-refractivity contribution in [3.8, 4) is 0 Å². The lowest BCUT2D eigenvalue weighted by atomic mass is 10.5. The van der Waals surface area contributed by atoms with Crippen LogP contribution in [0.5, 0.6) is 0 Å². The molecule has 0 radical (unpaired) electrons. The predicted molar refractivity (Wildman–Crippen MR) is 46.3 cm³/mol. The molecule has 0 aromatic heterocycles. The van der Waals surface area contributed by atoms with E-state index in [-0.39, 0.29) is 6.61 Å². The summed E-state index contributed by atoms with van der Waals surface area (Å²) in [4.78, 5) is 19.6. The Morgan fingerprint density at radius 1 is 1.62 bits per heavy atom. The van der Waals surface area contributed by atoms with Gasteiger partial charge in [0.25, 0.3) is 0 Å². The highest BCUT2D eigenvalue weighted by molar-refractivity contribution is 7.53. The first-order valence-electron chi connectivity index (χ1n) is 3.75. The molecular weight excluding hydrogens is 197 g/mol. The largest absolute Gasteiger partial charge is 0.469 e. The van der Waals surface area contributed by atoms with Crippen molar-refractivity contribution in [2.75, 3.05) is 26.4 Å². The number of rotatable bonds is 6. The molecule has 78 valence electrons. The maximum atomic E-state index is 11.0. The van der Waals surface area contributed by atoms with Gasteiger partial charge in [-0.3, -0.25) is 9.36 Å². The van der Waals surface area contributed by atoms with Gasteiger partial charge in [-0.15, -0.1) is 0 Å². The topological polar surface area (TPSA) is 98.9 Å². The van der Waals surface area contributed by atoms with Crippen molar-refractivity contribution in [3.63, 3.8) is 0 Å². The number of carbonyl (C=O) groups is 1. The SMILES string of the molecule is COC(=O)CP(=O)(O)OCCCN. The Kier molecular flexibility index (Phi) is 5.90. The standard InChI is InChI=1S/C6H14NO5P/c1-11-6(8)5-13(9,10)12-4-2-3-7/h2-5,7H2,1H3,(H,9,10). The first kappa shape index (κ1) is 12.6. The van der Waals surface area contributed by atoms with E-state index in [9.17, 15) is 9.36 Å². The third-order valence-corrected chi connectivity index (χ3v) is 2.44. The average molecular weight is 211 g/mol. The molecule has 0 amide bonds. The molecule has 1 atom stereocenters. The van der Waals surface area contributed by atoms with Gasteiger partial charge in [0.05, 0.1) is 13.7 Å². The van der Waals surface area contributed by atoms with Gasteiger partial charge in [0.15, 0.2) is 0 Å². The van der Waals surface area contributed by atoms with Crippen molar-refractivity contribution < 1.29 is 23.5 Å². The van der Waals surface area contributed by atoms with E-state index in [1.54, 1.807) is 0 Å². The quantitative estimate of drug-likeness (QED) is 0.356. The molecule has 0 aliphatic heterocycles. The van der Waals surface area contributed by atoms with Gasteiger partial charge in [0.1, 0.15) is 6.16 Å². The van der Waals surface area contributed by atoms with Crippen LogP contribution in [-0.4, -0.2) is 37.3 Å². The van der Waals surface area contributed by atoms with Crippen LogP contribution in [-0.2, 0) is 18.6 Å². The Hall–Kier alpha value is -0.420. The summed E-state index contributed by atoms with van der Waals surface area (Å²) in [6.07, 6.45) is -0.139. The van der Waals surface area contributed by atoms with Gasteiger partial charge >= 0.3 is 13.6 Å². The molecule has 3 N–H and O–H groups in total. The molecule has 0 aromatic carbocycles. The van der Waals surface area contributed by atoms with E-state index in [1.807, 2.05) is 0 Å². The van der Waals surface area contributed by atoms with Crippen LogP contribution < -0.4 is 5.73 Å². The lowest BCUT2D eigenvalue weighted by molar-refractivity contribution is -0.137. The fourth-order valence-electron chi connectivity index (χ4n) is 0.564. The number of nitrogens with two attached hydrogens (primary N) is 1. The highest BCUT2D eigenvalue weighted by atomic mass is 31.2. The lowest BCUT2D eigenvalue weighted by Gasteiger charge is -2.09. The second kappa shape index (κ2) is 6.10. The number of ether oxygens (including phenoxy) is 1. The molecule has 0 rings (SSSR count). The van der Waals surface area contributed by atoms with E-state index >= 15 is 0 Å². The molecular formula is C6H14NO5P. The molecule has 0 fully saturated rings. The van der Waals surface area contributed by atoms with Gasteiger partial charge in [-0.25, -0.2) is 0 Å². The summed E-state index contributed by atoms with van der Waals surface area (Å²) in [5.41, 5.74) is 5.14. The van der Waals surface area contributed by atoms with Crippen LogP contribution in [0, 0.1) is 0 Å². The first-order valence-corrected chi connectivity index (χ1v) is 5.51. The minimum Gasteiger partial charge on any atom is -0.469 e. The number of hydrogen-bond acceptors (Lipinski definition) is 5. The molecule has 0 aromatic rings. The Morgan fingerprint density at radius 3 is 2.69 bits per heavy atom. The van der Waals surface area contributed by atoms with E-state index in [0.717, 1.165) is 7.11 Å². The zero-order valence-electron chi connectivity index (χ0n) is 7.43. The molecule has 1 unspecified atom stereocenters. The molecule has 6 nitrogen and oxygen atoms in total. The van der Waals surface area contributed by atoms with Crippen LogP contribution in [0.3, 0.4) is 0 Å². The first-order chi connectivity index (χ1) is 6.02. The third-order valence-electron chi connectivity index (χ3n) is 1.20. The Morgan fingerprint density at radius 2 is 2.23 bits per heavy atom. The second-order valence-corrected chi connectivity index (χ2v) is 4.20. The summed E-state index contributed by atoms with van der Waals surface area (Å²) in [7, 11) is -2.68. The maximum absolute atomic E-state index is 11.0. The van der Waals surface area contributed by atoms with Crippen LogP contribution in [0.15, 0.2) is 0 Å². The molecule has 0 saturated heterocycles. The van der Waals surface area contributed by atoms with Crippen LogP contribution in [0.2, 0.25) is 0 Å². The highest BCUT2D eigenvalue weighted by Gasteiger charge is 2.24. The van der Waals surface area contributed by atoms with Gasteiger partial charge in [-0.05, 0) is 13.0 Å². The summed E-state index contributed by atoms with van der Waals surface area (Å²) in [5.74, 6) is -0.765. The van der Waals surface area contributed by atoms with E-state index in [0.29, 0.717) is 13.0 Å². The smallest absolute Gasteiger partial charge is 0.339 e. The normalized spacial score (nSPS) is 15.0. The van der Waals surface area contributed by atoms with Gasteiger partial charge in [0.2, 0.25) is 0 Å². The number of carbonyl (C=O) groups excluding carboxylic acids is 1. The van der Waals surface area contributed by atoms with Crippen LogP contribution in [0.4, 0.5) is 0 Å². The third kappa shape index (κ3) is 6.72. The van der Waals surface area contributed by atoms with Crippen molar-refractivity contribution >= 4 is 13.6 Å². The van der Waals surface area contributed by atoms with Gasteiger partial charge in [-0.1, -0.05) is 0 Å². The molecule has 0 aliphatic rings. The van der Waals surface area contributed by atoms with Crippen LogP contribution >= 0.6 is 7.60 Å². The van der Waals surface area contributed by atoms with Crippen molar-refractivity contribution in [1.29, 1.82) is 0 Å². The second-order valence-electron chi connectivity index (χ2n) is 2.35. The zero-order valence-corrected chi connectivity index (χ0v) is 8.33. The predicted octanol–water partition coefficient (Wildman–Crippen LogP) is -0.290. The Labute approximate surface area is 76.5 Å². The maximum Gasteiger partial charge on any atom is 0.339 e. The molecule has 7 heteroatoms. The summed E-state index contributed by atoms with van der Waals surface area (Å²) in [6, 6.07) is 0. The van der Waals surface area contributed by atoms with E-state index < -0.39 is 19.7 Å². The molecule has 13 heavy (non-hydrogen) atoms. The average Bonchev–Trinajstić information content (AvgIpc) is 2.03. The number of esters is 1. The van der Waals surface area contributed by atoms with Crippen molar-refractivity contribution in [3.05, 3.63) is 0 Å².